The molecule has 0 fully saturated rings. The van der Waals surface area contributed by atoms with Gasteiger partial charge in [0.2, 0.25) is 0 Å². The Hall–Kier alpha value is -2.76. The lowest BCUT2D eigenvalue weighted by Gasteiger charge is -2.18. The molecule has 0 aromatic heterocycles. The van der Waals surface area contributed by atoms with Crippen molar-refractivity contribution < 1.29 is 13.9 Å². The summed E-state index contributed by atoms with van der Waals surface area (Å²) in [5.41, 5.74) is 17.0. The van der Waals surface area contributed by atoms with Crippen molar-refractivity contribution in [1.29, 1.82) is 0 Å². The molecule has 0 saturated carbocycles. The minimum atomic E-state index is -0.333. The van der Waals surface area contributed by atoms with E-state index >= 15 is 0 Å². The second-order valence-electron chi connectivity index (χ2n) is 6.15. The number of rotatable bonds is 5. The zero-order valence-corrected chi connectivity index (χ0v) is 14.1. The maximum Gasteiger partial charge on any atom is 0.310 e. The average Bonchev–Trinajstić information content (AvgIpc) is 2.97. The molecule has 0 saturated heterocycles. The summed E-state index contributed by atoms with van der Waals surface area (Å²) in [6.07, 6.45) is 1.74. The molecule has 2 aromatic carbocycles. The van der Waals surface area contributed by atoms with Crippen molar-refractivity contribution >= 4 is 23.0 Å². The average molecular weight is 343 g/mol. The zero-order valence-electron chi connectivity index (χ0n) is 14.1. The summed E-state index contributed by atoms with van der Waals surface area (Å²) in [6, 6.07) is 8.19. The second kappa shape index (κ2) is 7.01. The van der Waals surface area contributed by atoms with Crippen LogP contribution >= 0.6 is 0 Å². The molecule has 0 radical (unpaired) electrons. The van der Waals surface area contributed by atoms with Crippen molar-refractivity contribution in [2.75, 3.05) is 23.4 Å². The zero-order chi connectivity index (χ0) is 18.0. The predicted molar refractivity (Wildman–Crippen MR) is 96.7 cm³/mol. The van der Waals surface area contributed by atoms with Crippen LogP contribution in [0, 0.1) is 5.82 Å². The standard InChI is InChI=1S/C19H22FN3O2/c1-2-25-18(24)10-15-16(21)9-14-13(19(15)22)7-8-17(14)23-12-5-3-11(20)4-6-12/h3-6,9,17,23H,2,7-8,10,21-22H2,1H3. The van der Waals surface area contributed by atoms with Gasteiger partial charge in [0.25, 0.3) is 0 Å². The van der Waals surface area contributed by atoms with Crippen molar-refractivity contribution in [3.05, 3.63) is 52.8 Å². The molecule has 0 spiro atoms. The number of carbonyl (C=O) groups excluding carboxylic acids is 1. The monoisotopic (exact) mass is 343 g/mol. The van der Waals surface area contributed by atoms with Gasteiger partial charge in [0.1, 0.15) is 5.82 Å². The first kappa shape index (κ1) is 17.1. The van der Waals surface area contributed by atoms with Gasteiger partial charge in [0.05, 0.1) is 19.1 Å². The number of nitrogens with one attached hydrogen (secondary N) is 1. The van der Waals surface area contributed by atoms with Gasteiger partial charge in [0.15, 0.2) is 0 Å². The van der Waals surface area contributed by atoms with Crippen molar-refractivity contribution in [3.63, 3.8) is 0 Å². The Morgan fingerprint density at radius 3 is 2.72 bits per heavy atom. The molecule has 0 amide bonds. The van der Waals surface area contributed by atoms with E-state index in [0.717, 1.165) is 29.7 Å². The van der Waals surface area contributed by atoms with Crippen molar-refractivity contribution in [1.82, 2.24) is 0 Å². The van der Waals surface area contributed by atoms with Crippen molar-refractivity contribution in [3.8, 4) is 0 Å². The van der Waals surface area contributed by atoms with Crippen LogP contribution in [0.4, 0.5) is 21.5 Å². The summed E-state index contributed by atoms with van der Waals surface area (Å²) in [4.78, 5) is 11.8. The van der Waals surface area contributed by atoms with Crippen LogP contribution in [0.1, 0.15) is 36.1 Å². The maximum absolute atomic E-state index is 13.0. The highest BCUT2D eigenvalue weighted by atomic mass is 19.1. The van der Waals surface area contributed by atoms with Gasteiger partial charge in [-0.1, -0.05) is 0 Å². The lowest BCUT2D eigenvalue weighted by Crippen LogP contribution is -2.14. The van der Waals surface area contributed by atoms with Crippen LogP contribution in [0.2, 0.25) is 0 Å². The lowest BCUT2D eigenvalue weighted by atomic mass is 9.98. The van der Waals surface area contributed by atoms with E-state index < -0.39 is 0 Å². The van der Waals surface area contributed by atoms with E-state index in [2.05, 4.69) is 5.32 Å². The molecule has 132 valence electrons. The molecular formula is C19H22FN3O2. The molecule has 0 bridgehead atoms. The van der Waals surface area contributed by atoms with Crippen LogP contribution in [0.3, 0.4) is 0 Å². The van der Waals surface area contributed by atoms with Crippen LogP contribution in [-0.4, -0.2) is 12.6 Å². The number of halogens is 1. The molecule has 5 nitrogen and oxygen atoms in total. The van der Waals surface area contributed by atoms with Crippen LogP contribution < -0.4 is 16.8 Å². The van der Waals surface area contributed by atoms with Crippen LogP contribution in [-0.2, 0) is 22.4 Å². The quantitative estimate of drug-likeness (QED) is 0.573. The number of hydrogen-bond donors (Lipinski definition) is 3. The number of benzene rings is 2. The highest BCUT2D eigenvalue weighted by Crippen LogP contribution is 2.40. The molecule has 1 atom stereocenters. The van der Waals surface area contributed by atoms with E-state index in [0.29, 0.717) is 23.5 Å². The molecule has 1 aliphatic carbocycles. The Bertz CT molecular complexity index is 790. The van der Waals surface area contributed by atoms with Gasteiger partial charge in [-0.15, -0.1) is 0 Å². The fraction of sp³-hybridized carbons (Fsp3) is 0.316. The van der Waals surface area contributed by atoms with Gasteiger partial charge in [0, 0.05) is 22.6 Å². The molecule has 5 N–H and O–H groups in total. The van der Waals surface area contributed by atoms with Gasteiger partial charge in [-0.2, -0.15) is 0 Å². The van der Waals surface area contributed by atoms with Gasteiger partial charge in [-0.25, -0.2) is 4.39 Å². The molecule has 0 aliphatic heterocycles. The lowest BCUT2D eigenvalue weighted by molar-refractivity contribution is -0.142. The largest absolute Gasteiger partial charge is 0.466 e. The first-order valence-corrected chi connectivity index (χ1v) is 8.37. The number of carbonyl (C=O) groups is 1. The molecule has 1 unspecified atom stereocenters. The number of esters is 1. The smallest absolute Gasteiger partial charge is 0.310 e. The first-order valence-electron chi connectivity index (χ1n) is 8.37. The number of fused-ring (bicyclic) bond motifs is 1. The second-order valence-corrected chi connectivity index (χ2v) is 6.15. The molecule has 6 heteroatoms. The molecule has 0 heterocycles. The van der Waals surface area contributed by atoms with Crippen LogP contribution in [0.15, 0.2) is 30.3 Å². The van der Waals surface area contributed by atoms with Gasteiger partial charge < -0.3 is 21.5 Å². The third-order valence-electron chi connectivity index (χ3n) is 4.53. The molecular weight excluding hydrogens is 321 g/mol. The fourth-order valence-electron chi connectivity index (χ4n) is 3.32. The fourth-order valence-corrected chi connectivity index (χ4v) is 3.32. The van der Waals surface area contributed by atoms with E-state index in [1.807, 2.05) is 6.07 Å². The summed E-state index contributed by atoms with van der Waals surface area (Å²) in [5.74, 6) is -0.602. The Morgan fingerprint density at radius 1 is 1.32 bits per heavy atom. The van der Waals surface area contributed by atoms with Gasteiger partial charge >= 0.3 is 5.97 Å². The highest BCUT2D eigenvalue weighted by Gasteiger charge is 2.27. The minimum absolute atomic E-state index is 0.0571. The van der Waals surface area contributed by atoms with E-state index in [-0.39, 0.29) is 24.2 Å². The molecule has 3 rings (SSSR count). The third kappa shape index (κ3) is 3.52. The van der Waals surface area contributed by atoms with E-state index in [1.165, 1.54) is 12.1 Å². The number of nitrogens with two attached hydrogens (primary N) is 2. The maximum atomic E-state index is 13.0. The summed E-state index contributed by atoms with van der Waals surface area (Å²) in [5, 5.41) is 3.39. The van der Waals surface area contributed by atoms with Crippen molar-refractivity contribution in [2.24, 2.45) is 0 Å². The Balaban J connectivity index is 1.85. The van der Waals surface area contributed by atoms with Gasteiger partial charge in [-0.05, 0) is 61.2 Å². The topological polar surface area (TPSA) is 90.4 Å². The molecule has 25 heavy (non-hydrogen) atoms. The van der Waals surface area contributed by atoms with Crippen LogP contribution in [0.25, 0.3) is 0 Å². The predicted octanol–water partition coefficient (Wildman–Crippen LogP) is 3.20. The summed E-state index contributed by atoms with van der Waals surface area (Å²) in [6.45, 7) is 2.09. The number of anilines is 3. The summed E-state index contributed by atoms with van der Waals surface area (Å²) >= 11 is 0. The minimum Gasteiger partial charge on any atom is -0.466 e. The Labute approximate surface area is 146 Å². The first-order chi connectivity index (χ1) is 12.0. The SMILES string of the molecule is CCOC(=O)Cc1c(N)cc2c(c1N)CCC2Nc1ccc(F)cc1. The van der Waals surface area contributed by atoms with E-state index in [4.69, 9.17) is 16.2 Å². The number of ether oxygens (including phenoxy) is 1. The third-order valence-corrected chi connectivity index (χ3v) is 4.53. The number of hydrogen-bond acceptors (Lipinski definition) is 5. The highest BCUT2D eigenvalue weighted by molar-refractivity contribution is 5.81. The normalized spacial score (nSPS) is 15.7. The Kier molecular flexibility index (Phi) is 4.79. The van der Waals surface area contributed by atoms with Crippen molar-refractivity contribution in [2.45, 2.75) is 32.2 Å². The van der Waals surface area contributed by atoms with E-state index in [9.17, 15) is 9.18 Å². The summed E-state index contributed by atoms with van der Waals surface area (Å²) < 4.78 is 18.0. The molecule has 1 aliphatic rings. The number of nitrogen functional groups attached to an aromatic ring is 2. The van der Waals surface area contributed by atoms with Crippen LogP contribution in [0.5, 0.6) is 0 Å². The summed E-state index contributed by atoms with van der Waals surface area (Å²) in [7, 11) is 0. The van der Waals surface area contributed by atoms with E-state index in [1.54, 1.807) is 19.1 Å². The molecule has 2 aromatic rings. The Morgan fingerprint density at radius 2 is 2.04 bits per heavy atom. The van der Waals surface area contributed by atoms with Gasteiger partial charge in [-0.3, -0.25) is 4.79 Å².